The Morgan fingerprint density at radius 3 is 2.93 bits per heavy atom. The first-order valence-electron chi connectivity index (χ1n) is 4.32. The van der Waals surface area contributed by atoms with Crippen LogP contribution in [0.25, 0.3) is 11.0 Å². The fourth-order valence-electron chi connectivity index (χ4n) is 1.47. The zero-order chi connectivity index (χ0) is 11.0. The van der Waals surface area contributed by atoms with Crippen molar-refractivity contribution in [2.75, 3.05) is 7.11 Å². The number of fused-ring (bicyclic) bond motifs is 1. The van der Waals surface area contributed by atoms with E-state index in [2.05, 4.69) is 25.7 Å². The second-order valence-electron chi connectivity index (χ2n) is 3.17. The molecule has 0 saturated heterocycles. The predicted molar refractivity (Wildman–Crippen MR) is 59.8 cm³/mol. The molecule has 0 saturated carbocycles. The molecule has 2 rings (SSSR count). The fraction of sp³-hybridized carbons (Fsp3) is 0.200. The summed E-state index contributed by atoms with van der Waals surface area (Å²) >= 11 is 3.41. The minimum absolute atomic E-state index is 0.358. The molecule has 0 aliphatic rings. The van der Waals surface area contributed by atoms with E-state index in [4.69, 9.17) is 0 Å². The van der Waals surface area contributed by atoms with Gasteiger partial charge >= 0.3 is 5.97 Å². The van der Waals surface area contributed by atoms with Crippen LogP contribution < -0.4 is 0 Å². The molecule has 0 fully saturated rings. The SMILES string of the molecule is COC(=O)c1cc(Br)c2c(c1)ncn2C. The lowest BCUT2D eigenvalue weighted by molar-refractivity contribution is 0.0601. The van der Waals surface area contributed by atoms with Crippen molar-refractivity contribution in [2.45, 2.75) is 0 Å². The minimum Gasteiger partial charge on any atom is -0.465 e. The molecular weight excluding hydrogens is 260 g/mol. The largest absolute Gasteiger partial charge is 0.465 e. The van der Waals surface area contributed by atoms with Crippen LogP contribution in [0.1, 0.15) is 10.4 Å². The molecule has 1 aromatic heterocycles. The second kappa shape index (κ2) is 3.66. The van der Waals surface area contributed by atoms with E-state index in [1.165, 1.54) is 7.11 Å². The number of halogens is 1. The number of hydrogen-bond donors (Lipinski definition) is 0. The van der Waals surface area contributed by atoms with Crippen LogP contribution in [0.3, 0.4) is 0 Å². The molecule has 1 aromatic carbocycles. The number of aryl methyl sites for hydroxylation is 1. The molecule has 0 aliphatic carbocycles. The number of aromatic nitrogens is 2. The van der Waals surface area contributed by atoms with E-state index in [9.17, 15) is 4.79 Å². The minimum atomic E-state index is -0.358. The Labute approximate surface area is 95.0 Å². The number of carbonyl (C=O) groups excluding carboxylic acids is 1. The van der Waals surface area contributed by atoms with Crippen molar-refractivity contribution in [2.24, 2.45) is 7.05 Å². The summed E-state index contributed by atoms with van der Waals surface area (Å²) in [4.78, 5) is 15.5. The summed E-state index contributed by atoms with van der Waals surface area (Å²) in [6.45, 7) is 0. The Morgan fingerprint density at radius 1 is 1.53 bits per heavy atom. The summed E-state index contributed by atoms with van der Waals surface area (Å²) < 4.78 is 7.38. The van der Waals surface area contributed by atoms with Gasteiger partial charge in [-0.2, -0.15) is 0 Å². The molecule has 4 nitrogen and oxygen atoms in total. The first-order chi connectivity index (χ1) is 7.13. The van der Waals surface area contributed by atoms with Gasteiger partial charge in [0.15, 0.2) is 0 Å². The highest BCUT2D eigenvalue weighted by atomic mass is 79.9. The second-order valence-corrected chi connectivity index (χ2v) is 4.03. The van der Waals surface area contributed by atoms with E-state index in [0.29, 0.717) is 5.56 Å². The highest BCUT2D eigenvalue weighted by molar-refractivity contribution is 9.10. The molecule has 1 heterocycles. The van der Waals surface area contributed by atoms with E-state index >= 15 is 0 Å². The lowest BCUT2D eigenvalue weighted by Gasteiger charge is -2.02. The lowest BCUT2D eigenvalue weighted by Crippen LogP contribution is -2.01. The summed E-state index contributed by atoms with van der Waals surface area (Å²) in [5.74, 6) is -0.358. The molecule has 0 unspecified atom stereocenters. The average molecular weight is 269 g/mol. The summed E-state index contributed by atoms with van der Waals surface area (Å²) in [5.41, 5.74) is 2.23. The molecule has 0 N–H and O–H groups in total. The zero-order valence-corrected chi connectivity index (χ0v) is 9.91. The van der Waals surface area contributed by atoms with Gasteiger partial charge in [0.05, 0.1) is 30.0 Å². The molecule has 78 valence electrons. The van der Waals surface area contributed by atoms with E-state index in [1.54, 1.807) is 18.5 Å². The monoisotopic (exact) mass is 268 g/mol. The third-order valence-electron chi connectivity index (χ3n) is 2.19. The van der Waals surface area contributed by atoms with Crippen LogP contribution >= 0.6 is 15.9 Å². The van der Waals surface area contributed by atoms with Gasteiger partial charge < -0.3 is 9.30 Å². The van der Waals surface area contributed by atoms with Gasteiger partial charge in [0.2, 0.25) is 0 Å². The standard InChI is InChI=1S/C10H9BrN2O2/c1-13-5-12-8-4-6(10(14)15-2)3-7(11)9(8)13/h3-5H,1-2H3. The molecule has 0 spiro atoms. The van der Waals surface area contributed by atoms with Crippen LogP contribution in [0, 0.1) is 0 Å². The van der Waals surface area contributed by atoms with Crippen molar-refractivity contribution in [1.82, 2.24) is 9.55 Å². The van der Waals surface area contributed by atoms with Crippen molar-refractivity contribution < 1.29 is 9.53 Å². The number of nitrogens with zero attached hydrogens (tertiary/aromatic N) is 2. The third kappa shape index (κ3) is 1.63. The van der Waals surface area contributed by atoms with Gasteiger partial charge in [0, 0.05) is 11.5 Å². The summed E-state index contributed by atoms with van der Waals surface area (Å²) in [6.07, 6.45) is 1.70. The highest BCUT2D eigenvalue weighted by Crippen LogP contribution is 2.24. The summed E-state index contributed by atoms with van der Waals surface area (Å²) in [7, 11) is 3.26. The molecule has 15 heavy (non-hydrogen) atoms. The highest BCUT2D eigenvalue weighted by Gasteiger charge is 2.11. The van der Waals surface area contributed by atoms with Gasteiger partial charge in [-0.15, -0.1) is 0 Å². The quantitative estimate of drug-likeness (QED) is 0.745. The topological polar surface area (TPSA) is 44.1 Å². The Morgan fingerprint density at radius 2 is 2.27 bits per heavy atom. The maximum atomic E-state index is 11.3. The molecular formula is C10H9BrN2O2. The third-order valence-corrected chi connectivity index (χ3v) is 2.79. The molecule has 0 atom stereocenters. The van der Waals surface area contributed by atoms with Crippen molar-refractivity contribution >= 4 is 32.9 Å². The van der Waals surface area contributed by atoms with Crippen molar-refractivity contribution in [3.05, 3.63) is 28.5 Å². The number of rotatable bonds is 1. The Balaban J connectivity index is 2.68. The number of carbonyl (C=O) groups is 1. The molecule has 0 aliphatic heterocycles. The van der Waals surface area contributed by atoms with Gasteiger partial charge in [0.1, 0.15) is 0 Å². The molecule has 5 heteroatoms. The van der Waals surface area contributed by atoms with E-state index in [1.807, 2.05) is 11.6 Å². The van der Waals surface area contributed by atoms with Gasteiger partial charge in [-0.1, -0.05) is 0 Å². The van der Waals surface area contributed by atoms with Gasteiger partial charge in [-0.25, -0.2) is 9.78 Å². The number of benzene rings is 1. The maximum absolute atomic E-state index is 11.3. The van der Waals surface area contributed by atoms with Crippen LogP contribution in [-0.4, -0.2) is 22.6 Å². The van der Waals surface area contributed by atoms with E-state index in [0.717, 1.165) is 15.5 Å². The molecule has 0 radical (unpaired) electrons. The summed E-state index contributed by atoms with van der Waals surface area (Å²) in [5, 5.41) is 0. The number of imidazole rings is 1. The Hall–Kier alpha value is -1.36. The summed E-state index contributed by atoms with van der Waals surface area (Å²) in [6, 6.07) is 3.45. The number of ether oxygens (including phenoxy) is 1. The van der Waals surface area contributed by atoms with E-state index in [-0.39, 0.29) is 5.97 Å². The Bertz CT molecular complexity index is 533. The molecule has 0 bridgehead atoms. The zero-order valence-electron chi connectivity index (χ0n) is 8.32. The predicted octanol–water partition coefficient (Wildman–Crippen LogP) is 2.12. The normalized spacial score (nSPS) is 10.6. The van der Waals surface area contributed by atoms with E-state index < -0.39 is 0 Å². The Kier molecular flexibility index (Phi) is 2.48. The van der Waals surface area contributed by atoms with Crippen LogP contribution in [-0.2, 0) is 11.8 Å². The molecule has 2 aromatic rings. The van der Waals surface area contributed by atoms with Gasteiger partial charge in [-0.05, 0) is 28.1 Å². The smallest absolute Gasteiger partial charge is 0.337 e. The van der Waals surface area contributed by atoms with Crippen molar-refractivity contribution in [3.63, 3.8) is 0 Å². The molecule has 0 amide bonds. The number of esters is 1. The lowest BCUT2D eigenvalue weighted by atomic mass is 10.2. The van der Waals surface area contributed by atoms with Crippen LogP contribution in [0.15, 0.2) is 22.9 Å². The van der Waals surface area contributed by atoms with Crippen LogP contribution in [0.4, 0.5) is 0 Å². The van der Waals surface area contributed by atoms with Crippen LogP contribution in [0.5, 0.6) is 0 Å². The average Bonchev–Trinajstić information content (AvgIpc) is 2.59. The first-order valence-corrected chi connectivity index (χ1v) is 5.11. The van der Waals surface area contributed by atoms with Crippen LogP contribution in [0.2, 0.25) is 0 Å². The van der Waals surface area contributed by atoms with Crippen molar-refractivity contribution in [3.8, 4) is 0 Å². The van der Waals surface area contributed by atoms with Crippen molar-refractivity contribution in [1.29, 1.82) is 0 Å². The fourth-order valence-corrected chi connectivity index (χ4v) is 2.20. The maximum Gasteiger partial charge on any atom is 0.337 e. The number of methoxy groups -OCH3 is 1. The first kappa shape index (κ1) is 10.2. The number of hydrogen-bond acceptors (Lipinski definition) is 3. The van der Waals surface area contributed by atoms with Gasteiger partial charge in [-0.3, -0.25) is 0 Å². The van der Waals surface area contributed by atoms with Gasteiger partial charge in [0.25, 0.3) is 0 Å².